The molecule has 0 bridgehead atoms. The first kappa shape index (κ1) is 22.3. The molecule has 1 aliphatic rings. The van der Waals surface area contributed by atoms with Crippen LogP contribution in [0.3, 0.4) is 0 Å². The molecule has 9 heteroatoms. The molecular weight excluding hydrogens is 402 g/mol. The summed E-state index contributed by atoms with van der Waals surface area (Å²) in [5, 5.41) is 14.4. The van der Waals surface area contributed by atoms with Crippen molar-refractivity contribution >= 4 is 28.8 Å². The maximum Gasteiger partial charge on any atom is 0.286 e. The SMILES string of the molecule is COCc1nnc(C(=O)Nc2cccc(C(=O)NCCCN3CCCC(C)C3)c2)s1. The fourth-order valence-corrected chi connectivity index (χ4v) is 4.25. The van der Waals surface area contributed by atoms with Crippen LogP contribution >= 0.6 is 11.3 Å². The highest BCUT2D eigenvalue weighted by Gasteiger charge is 2.16. The monoisotopic (exact) mass is 431 g/mol. The molecule has 0 saturated carbocycles. The largest absolute Gasteiger partial charge is 0.377 e. The molecule has 1 atom stereocenters. The standard InChI is InChI=1S/C21H29N5O3S/c1-15-6-4-10-26(13-15)11-5-9-22-19(27)16-7-3-8-17(12-16)23-20(28)21-25-24-18(30-21)14-29-2/h3,7-8,12,15H,4-6,9-11,13-14H2,1-2H3,(H,22,27)(H,23,28). The molecular formula is C21H29N5O3S. The Labute approximate surface area is 181 Å². The second kappa shape index (κ2) is 11.1. The fourth-order valence-electron chi connectivity index (χ4n) is 3.55. The molecule has 0 radical (unpaired) electrons. The van der Waals surface area contributed by atoms with Gasteiger partial charge in [-0.3, -0.25) is 9.59 Å². The number of likely N-dealkylation sites (tertiary alicyclic amines) is 1. The van der Waals surface area contributed by atoms with Gasteiger partial charge in [0, 0.05) is 31.5 Å². The van der Waals surface area contributed by atoms with E-state index in [4.69, 9.17) is 4.74 Å². The first-order valence-corrected chi connectivity index (χ1v) is 11.1. The van der Waals surface area contributed by atoms with Crippen LogP contribution in [0.5, 0.6) is 0 Å². The van der Waals surface area contributed by atoms with Gasteiger partial charge in [-0.15, -0.1) is 10.2 Å². The zero-order valence-corrected chi connectivity index (χ0v) is 18.3. The van der Waals surface area contributed by atoms with Gasteiger partial charge in [-0.25, -0.2) is 0 Å². The van der Waals surface area contributed by atoms with E-state index in [1.165, 1.54) is 24.2 Å². The van der Waals surface area contributed by atoms with Crippen molar-refractivity contribution in [1.82, 2.24) is 20.4 Å². The lowest BCUT2D eigenvalue weighted by molar-refractivity contribution is 0.0948. The zero-order valence-electron chi connectivity index (χ0n) is 17.5. The molecule has 1 aromatic carbocycles. The number of nitrogens with zero attached hydrogens (tertiary/aromatic N) is 3. The number of aromatic nitrogens is 2. The van der Waals surface area contributed by atoms with Gasteiger partial charge < -0.3 is 20.3 Å². The summed E-state index contributed by atoms with van der Waals surface area (Å²) in [4.78, 5) is 27.3. The van der Waals surface area contributed by atoms with E-state index in [9.17, 15) is 9.59 Å². The molecule has 162 valence electrons. The predicted molar refractivity (Wildman–Crippen MR) is 117 cm³/mol. The molecule has 2 N–H and O–H groups in total. The van der Waals surface area contributed by atoms with Crippen LogP contribution in [0.2, 0.25) is 0 Å². The van der Waals surface area contributed by atoms with E-state index in [0.717, 1.165) is 32.0 Å². The molecule has 1 aromatic heterocycles. The number of hydrogen-bond acceptors (Lipinski definition) is 7. The van der Waals surface area contributed by atoms with Crippen molar-refractivity contribution in [2.24, 2.45) is 5.92 Å². The van der Waals surface area contributed by atoms with E-state index in [-0.39, 0.29) is 16.8 Å². The summed E-state index contributed by atoms with van der Waals surface area (Å²) in [5.74, 6) is 0.262. The first-order valence-electron chi connectivity index (χ1n) is 10.3. The minimum Gasteiger partial charge on any atom is -0.377 e. The van der Waals surface area contributed by atoms with Crippen molar-refractivity contribution < 1.29 is 14.3 Å². The van der Waals surface area contributed by atoms with Crippen molar-refractivity contribution in [3.8, 4) is 0 Å². The van der Waals surface area contributed by atoms with Crippen LogP contribution in [0.25, 0.3) is 0 Å². The van der Waals surface area contributed by atoms with Gasteiger partial charge in [-0.2, -0.15) is 0 Å². The van der Waals surface area contributed by atoms with Gasteiger partial charge in [0.2, 0.25) is 5.01 Å². The summed E-state index contributed by atoms with van der Waals surface area (Å²) >= 11 is 1.18. The molecule has 3 rings (SSSR count). The molecule has 2 aromatic rings. The Balaban J connectivity index is 1.46. The fraction of sp³-hybridized carbons (Fsp3) is 0.524. The molecule has 0 spiro atoms. The normalized spacial score (nSPS) is 16.9. The molecule has 2 amide bonds. The third kappa shape index (κ3) is 6.58. The summed E-state index contributed by atoms with van der Waals surface area (Å²) in [6.07, 6.45) is 3.50. The number of carbonyl (C=O) groups is 2. The maximum atomic E-state index is 12.5. The number of piperidine rings is 1. The van der Waals surface area contributed by atoms with Gasteiger partial charge >= 0.3 is 0 Å². The number of benzene rings is 1. The summed E-state index contributed by atoms with van der Waals surface area (Å²) in [6.45, 7) is 6.56. The first-order chi connectivity index (χ1) is 14.5. The van der Waals surface area contributed by atoms with E-state index >= 15 is 0 Å². The zero-order chi connectivity index (χ0) is 21.3. The third-order valence-electron chi connectivity index (χ3n) is 4.99. The second-order valence-electron chi connectivity index (χ2n) is 7.63. The minimum atomic E-state index is -0.358. The van der Waals surface area contributed by atoms with Crippen molar-refractivity contribution in [3.05, 3.63) is 39.8 Å². The third-order valence-corrected chi connectivity index (χ3v) is 5.88. The Bertz CT molecular complexity index is 857. The van der Waals surface area contributed by atoms with Crippen LogP contribution in [0.1, 0.15) is 51.4 Å². The minimum absolute atomic E-state index is 0.142. The van der Waals surface area contributed by atoms with Gasteiger partial charge in [0.1, 0.15) is 5.01 Å². The molecule has 30 heavy (non-hydrogen) atoms. The van der Waals surface area contributed by atoms with Gasteiger partial charge in [-0.05, 0) is 56.5 Å². The Kier molecular flexibility index (Phi) is 8.30. The molecule has 1 aliphatic heterocycles. The lowest BCUT2D eigenvalue weighted by Crippen LogP contribution is -2.36. The van der Waals surface area contributed by atoms with Gasteiger partial charge in [0.05, 0.1) is 6.61 Å². The summed E-state index contributed by atoms with van der Waals surface area (Å²) in [5.41, 5.74) is 1.05. The Morgan fingerprint density at radius 2 is 2.17 bits per heavy atom. The highest BCUT2D eigenvalue weighted by molar-refractivity contribution is 7.13. The summed E-state index contributed by atoms with van der Waals surface area (Å²) in [6, 6.07) is 6.88. The maximum absolute atomic E-state index is 12.5. The predicted octanol–water partition coefficient (Wildman–Crippen LogP) is 2.79. The molecule has 0 aliphatic carbocycles. The van der Waals surface area contributed by atoms with Crippen LogP contribution in [0, 0.1) is 5.92 Å². The van der Waals surface area contributed by atoms with Crippen LogP contribution in [0.15, 0.2) is 24.3 Å². The number of carbonyl (C=O) groups excluding carboxylic acids is 2. The van der Waals surface area contributed by atoms with Gasteiger partial charge in [-0.1, -0.05) is 24.3 Å². The molecule has 1 unspecified atom stereocenters. The Hall–Kier alpha value is -2.36. The van der Waals surface area contributed by atoms with E-state index in [1.807, 2.05) is 0 Å². The highest BCUT2D eigenvalue weighted by Crippen LogP contribution is 2.16. The molecule has 1 saturated heterocycles. The van der Waals surface area contributed by atoms with E-state index < -0.39 is 0 Å². The van der Waals surface area contributed by atoms with Crippen LogP contribution in [-0.4, -0.2) is 60.2 Å². The number of amides is 2. The number of anilines is 1. The molecule has 1 fully saturated rings. The topological polar surface area (TPSA) is 96.5 Å². The van der Waals surface area contributed by atoms with E-state index in [0.29, 0.717) is 29.4 Å². The van der Waals surface area contributed by atoms with E-state index in [2.05, 4.69) is 32.7 Å². The Morgan fingerprint density at radius 1 is 1.30 bits per heavy atom. The summed E-state index contributed by atoms with van der Waals surface area (Å²) < 4.78 is 4.99. The van der Waals surface area contributed by atoms with Crippen molar-refractivity contribution in [3.63, 3.8) is 0 Å². The number of methoxy groups -OCH3 is 1. The lowest BCUT2D eigenvalue weighted by Gasteiger charge is -2.30. The number of ether oxygens (including phenoxy) is 1. The summed E-state index contributed by atoms with van der Waals surface area (Å²) in [7, 11) is 1.56. The molecule has 2 heterocycles. The van der Waals surface area contributed by atoms with Gasteiger partial charge in [0.15, 0.2) is 0 Å². The average molecular weight is 432 g/mol. The number of hydrogen-bond donors (Lipinski definition) is 2. The number of rotatable bonds is 9. The quantitative estimate of drug-likeness (QED) is 0.593. The van der Waals surface area contributed by atoms with Crippen LogP contribution in [-0.2, 0) is 11.3 Å². The van der Waals surface area contributed by atoms with Crippen LogP contribution in [0.4, 0.5) is 5.69 Å². The van der Waals surface area contributed by atoms with Crippen molar-refractivity contribution in [1.29, 1.82) is 0 Å². The Morgan fingerprint density at radius 3 is 2.97 bits per heavy atom. The number of nitrogens with one attached hydrogen (secondary N) is 2. The lowest BCUT2D eigenvalue weighted by atomic mass is 10.0. The average Bonchev–Trinajstić information content (AvgIpc) is 3.20. The van der Waals surface area contributed by atoms with Crippen molar-refractivity contribution in [2.45, 2.75) is 32.8 Å². The van der Waals surface area contributed by atoms with E-state index in [1.54, 1.807) is 31.4 Å². The smallest absolute Gasteiger partial charge is 0.286 e. The second-order valence-corrected chi connectivity index (χ2v) is 8.69. The van der Waals surface area contributed by atoms with Gasteiger partial charge in [0.25, 0.3) is 11.8 Å². The van der Waals surface area contributed by atoms with Crippen molar-refractivity contribution in [2.75, 3.05) is 38.6 Å². The highest BCUT2D eigenvalue weighted by atomic mass is 32.1. The van der Waals surface area contributed by atoms with Crippen LogP contribution < -0.4 is 10.6 Å². The molecule has 8 nitrogen and oxygen atoms in total.